The largest absolute Gasteiger partial charge is 0.490 e. The summed E-state index contributed by atoms with van der Waals surface area (Å²) >= 11 is 0. The molecule has 0 saturated heterocycles. The van der Waals surface area contributed by atoms with E-state index in [2.05, 4.69) is 10.4 Å². The SMILES string of the molecule is CCOc1ccc(Cn2cc(NC(=O)c3c(-c4ccccc4)nn(-c4ccccc4)c3C)cn2)cc1OCC. The summed E-state index contributed by atoms with van der Waals surface area (Å²) in [5, 5.41) is 12.3. The zero-order chi connectivity index (χ0) is 27.2. The molecule has 1 N–H and O–H groups in total. The van der Waals surface area contributed by atoms with Crippen LogP contribution in [0.25, 0.3) is 16.9 Å². The standard InChI is InChI=1S/C31H31N5O3/c1-4-38-27-17-16-23(18-28(27)39-5-2)20-35-21-25(19-32-35)33-31(37)29-22(3)36(26-14-10-7-11-15-26)34-30(29)24-12-8-6-9-13-24/h6-19,21H,4-5,20H2,1-3H3,(H,33,37). The molecular weight excluding hydrogens is 490 g/mol. The fraction of sp³-hybridized carbons (Fsp3) is 0.194. The third-order valence-electron chi connectivity index (χ3n) is 6.23. The van der Waals surface area contributed by atoms with Crippen LogP contribution in [-0.4, -0.2) is 38.7 Å². The molecule has 3 aromatic carbocycles. The Morgan fingerprint density at radius 2 is 1.59 bits per heavy atom. The van der Waals surface area contributed by atoms with Gasteiger partial charge in [-0.3, -0.25) is 9.48 Å². The van der Waals surface area contributed by atoms with Gasteiger partial charge in [-0.1, -0.05) is 54.6 Å². The number of nitrogens with one attached hydrogen (secondary N) is 1. The first-order valence-corrected chi connectivity index (χ1v) is 13.0. The molecule has 8 nitrogen and oxygen atoms in total. The molecule has 5 rings (SSSR count). The number of rotatable bonds is 10. The van der Waals surface area contributed by atoms with Gasteiger partial charge in [0.2, 0.25) is 0 Å². The lowest BCUT2D eigenvalue weighted by atomic mass is 10.1. The maximum atomic E-state index is 13.6. The minimum absolute atomic E-state index is 0.243. The summed E-state index contributed by atoms with van der Waals surface area (Å²) in [6, 6.07) is 25.4. The fourth-order valence-corrected chi connectivity index (χ4v) is 4.48. The molecule has 8 heteroatoms. The normalized spacial score (nSPS) is 10.8. The van der Waals surface area contributed by atoms with Crippen LogP contribution in [0.2, 0.25) is 0 Å². The monoisotopic (exact) mass is 521 g/mol. The van der Waals surface area contributed by atoms with Crippen molar-refractivity contribution in [3.05, 3.63) is 108 Å². The van der Waals surface area contributed by atoms with Crippen LogP contribution in [0.4, 0.5) is 5.69 Å². The summed E-state index contributed by atoms with van der Waals surface area (Å²) in [6.45, 7) is 7.43. The minimum Gasteiger partial charge on any atom is -0.490 e. The topological polar surface area (TPSA) is 83.2 Å². The maximum Gasteiger partial charge on any atom is 0.259 e. The third-order valence-corrected chi connectivity index (χ3v) is 6.23. The van der Waals surface area contributed by atoms with Crippen molar-refractivity contribution in [2.24, 2.45) is 0 Å². The van der Waals surface area contributed by atoms with Crippen LogP contribution in [0, 0.1) is 6.92 Å². The summed E-state index contributed by atoms with van der Waals surface area (Å²) in [6.07, 6.45) is 3.46. The summed E-state index contributed by atoms with van der Waals surface area (Å²) in [5.41, 5.74) is 5.27. The van der Waals surface area contributed by atoms with Crippen LogP contribution >= 0.6 is 0 Å². The first-order chi connectivity index (χ1) is 19.1. The Kier molecular flexibility index (Phi) is 7.73. The average Bonchev–Trinajstić information content (AvgIpc) is 3.54. The Morgan fingerprint density at radius 1 is 0.897 bits per heavy atom. The zero-order valence-electron chi connectivity index (χ0n) is 22.3. The first kappa shape index (κ1) is 25.8. The fourth-order valence-electron chi connectivity index (χ4n) is 4.48. The van der Waals surface area contributed by atoms with Gasteiger partial charge in [-0.15, -0.1) is 0 Å². The van der Waals surface area contributed by atoms with Crippen LogP contribution in [0.5, 0.6) is 11.5 Å². The van der Waals surface area contributed by atoms with E-state index in [4.69, 9.17) is 14.6 Å². The van der Waals surface area contributed by atoms with E-state index in [9.17, 15) is 4.79 Å². The molecule has 0 saturated carbocycles. The van der Waals surface area contributed by atoms with Crippen LogP contribution in [-0.2, 0) is 6.54 Å². The highest BCUT2D eigenvalue weighted by molar-refractivity contribution is 6.09. The van der Waals surface area contributed by atoms with Crippen LogP contribution in [0.15, 0.2) is 91.3 Å². The molecule has 0 bridgehead atoms. The third kappa shape index (κ3) is 5.70. The number of ether oxygens (including phenoxy) is 2. The van der Waals surface area contributed by atoms with Crippen molar-refractivity contribution in [1.29, 1.82) is 0 Å². The Hall–Kier alpha value is -4.85. The molecule has 0 unspecified atom stereocenters. The molecule has 0 aliphatic heterocycles. The van der Waals surface area contributed by atoms with Gasteiger partial charge in [0.15, 0.2) is 11.5 Å². The number of hydrogen-bond acceptors (Lipinski definition) is 5. The van der Waals surface area contributed by atoms with Gasteiger partial charge in [-0.2, -0.15) is 10.2 Å². The van der Waals surface area contributed by atoms with E-state index in [1.54, 1.807) is 10.9 Å². The molecule has 0 fully saturated rings. The van der Waals surface area contributed by atoms with Crippen molar-refractivity contribution >= 4 is 11.6 Å². The number of nitrogens with zero attached hydrogens (tertiary/aromatic N) is 4. The number of para-hydroxylation sites is 1. The lowest BCUT2D eigenvalue weighted by molar-refractivity contribution is 0.102. The van der Waals surface area contributed by atoms with Crippen molar-refractivity contribution in [1.82, 2.24) is 19.6 Å². The lowest BCUT2D eigenvalue weighted by Gasteiger charge is -2.12. The van der Waals surface area contributed by atoms with Crippen LogP contribution in [0.1, 0.15) is 35.5 Å². The Bertz CT molecular complexity index is 1560. The van der Waals surface area contributed by atoms with Crippen molar-refractivity contribution in [3.63, 3.8) is 0 Å². The summed E-state index contributed by atoms with van der Waals surface area (Å²) in [7, 11) is 0. The second kappa shape index (κ2) is 11.7. The Balaban J connectivity index is 1.39. The van der Waals surface area contributed by atoms with Crippen LogP contribution < -0.4 is 14.8 Å². The molecular formula is C31H31N5O3. The molecule has 0 aliphatic carbocycles. The van der Waals surface area contributed by atoms with E-state index in [1.807, 2.05) is 111 Å². The van der Waals surface area contributed by atoms with Gasteiger partial charge in [0.05, 0.1) is 48.6 Å². The molecule has 0 spiro atoms. The number of benzene rings is 3. The van der Waals surface area contributed by atoms with Crippen molar-refractivity contribution in [2.45, 2.75) is 27.3 Å². The number of carbonyl (C=O) groups excluding carboxylic acids is 1. The lowest BCUT2D eigenvalue weighted by Crippen LogP contribution is -2.14. The quantitative estimate of drug-likeness (QED) is 0.239. The highest BCUT2D eigenvalue weighted by Gasteiger charge is 2.23. The van der Waals surface area contributed by atoms with Gasteiger partial charge in [-0.05, 0) is 50.6 Å². The van der Waals surface area contributed by atoms with Gasteiger partial charge < -0.3 is 14.8 Å². The number of amides is 1. The van der Waals surface area contributed by atoms with E-state index in [0.29, 0.717) is 42.5 Å². The predicted octanol–water partition coefficient (Wildman–Crippen LogP) is 6.14. The van der Waals surface area contributed by atoms with Gasteiger partial charge in [-0.25, -0.2) is 4.68 Å². The molecule has 2 heterocycles. The molecule has 198 valence electrons. The second-order valence-electron chi connectivity index (χ2n) is 8.95. The van der Waals surface area contributed by atoms with Crippen molar-refractivity contribution in [3.8, 4) is 28.4 Å². The van der Waals surface area contributed by atoms with Crippen molar-refractivity contribution in [2.75, 3.05) is 18.5 Å². The highest BCUT2D eigenvalue weighted by Crippen LogP contribution is 2.30. The predicted molar refractivity (Wildman–Crippen MR) is 152 cm³/mol. The number of aromatic nitrogens is 4. The molecule has 2 aromatic heterocycles. The van der Waals surface area contributed by atoms with Crippen molar-refractivity contribution < 1.29 is 14.3 Å². The maximum absolute atomic E-state index is 13.6. The minimum atomic E-state index is -0.243. The van der Waals surface area contributed by atoms with E-state index < -0.39 is 0 Å². The first-order valence-electron chi connectivity index (χ1n) is 13.0. The zero-order valence-corrected chi connectivity index (χ0v) is 22.3. The molecule has 5 aromatic rings. The number of hydrogen-bond donors (Lipinski definition) is 1. The summed E-state index contributed by atoms with van der Waals surface area (Å²) < 4.78 is 15.0. The van der Waals surface area contributed by atoms with E-state index in [-0.39, 0.29) is 5.91 Å². The molecule has 0 atom stereocenters. The van der Waals surface area contributed by atoms with Crippen LogP contribution in [0.3, 0.4) is 0 Å². The van der Waals surface area contributed by atoms with E-state index >= 15 is 0 Å². The van der Waals surface area contributed by atoms with Gasteiger partial charge in [0, 0.05) is 11.8 Å². The Morgan fingerprint density at radius 3 is 2.31 bits per heavy atom. The van der Waals surface area contributed by atoms with Gasteiger partial charge in [0.25, 0.3) is 5.91 Å². The molecule has 1 amide bonds. The highest BCUT2D eigenvalue weighted by atomic mass is 16.5. The summed E-state index contributed by atoms with van der Waals surface area (Å²) in [5.74, 6) is 1.18. The average molecular weight is 522 g/mol. The van der Waals surface area contributed by atoms with E-state index in [1.165, 1.54) is 0 Å². The number of carbonyl (C=O) groups is 1. The number of anilines is 1. The summed E-state index contributed by atoms with van der Waals surface area (Å²) in [4.78, 5) is 13.6. The van der Waals surface area contributed by atoms with Gasteiger partial charge in [0.1, 0.15) is 5.69 Å². The molecule has 0 radical (unpaired) electrons. The smallest absolute Gasteiger partial charge is 0.259 e. The van der Waals surface area contributed by atoms with E-state index in [0.717, 1.165) is 28.3 Å². The van der Waals surface area contributed by atoms with Gasteiger partial charge >= 0.3 is 0 Å². The molecule has 39 heavy (non-hydrogen) atoms. The second-order valence-corrected chi connectivity index (χ2v) is 8.95. The Labute approximate surface area is 227 Å². The molecule has 0 aliphatic rings.